The highest BCUT2D eigenvalue weighted by Crippen LogP contribution is 2.25. The van der Waals surface area contributed by atoms with Crippen molar-refractivity contribution < 1.29 is 9.53 Å². The second kappa shape index (κ2) is 4.59. The minimum absolute atomic E-state index is 0.00130. The molecule has 0 atom stereocenters. The van der Waals surface area contributed by atoms with E-state index in [1.54, 1.807) is 18.2 Å². The fourth-order valence-electron chi connectivity index (χ4n) is 1.55. The van der Waals surface area contributed by atoms with Crippen molar-refractivity contribution in [3.8, 4) is 5.75 Å². The Hall–Kier alpha value is -1.81. The first-order valence-electron chi connectivity index (χ1n) is 5.16. The van der Waals surface area contributed by atoms with Crippen molar-refractivity contribution in [1.82, 2.24) is 0 Å². The molecule has 1 aromatic heterocycles. The number of carbonyl (C=O) groups is 1. The van der Waals surface area contributed by atoms with Gasteiger partial charge >= 0.3 is 0 Å². The van der Waals surface area contributed by atoms with Gasteiger partial charge in [-0.2, -0.15) is 0 Å². The molecule has 4 heteroatoms. The number of ether oxygens (including phenoxy) is 1. The number of ketones is 1. The molecular weight excluding hydrogens is 234 g/mol. The van der Waals surface area contributed by atoms with Crippen LogP contribution in [0.3, 0.4) is 0 Å². The zero-order valence-electron chi connectivity index (χ0n) is 9.69. The number of aryl methyl sites for hydroxylation is 1. The highest BCUT2D eigenvalue weighted by molar-refractivity contribution is 7.14. The normalized spacial score (nSPS) is 10.2. The maximum atomic E-state index is 12.2. The molecule has 0 amide bonds. The Balaban J connectivity index is 2.37. The molecule has 0 bridgehead atoms. The number of hydrogen-bond acceptors (Lipinski definition) is 4. The standard InChI is InChI=1S/C13H13NO2S/c1-8-3-6-12(17-8)13(15)9-4-5-10(14)11(7-9)16-2/h3-7H,14H2,1-2H3. The first kappa shape index (κ1) is 11.7. The van der Waals surface area contributed by atoms with E-state index in [2.05, 4.69) is 0 Å². The number of carbonyl (C=O) groups excluding carboxylic acids is 1. The molecule has 2 N–H and O–H groups in total. The molecule has 0 aliphatic carbocycles. The molecule has 1 heterocycles. The lowest BCUT2D eigenvalue weighted by molar-refractivity contribution is 0.104. The number of thiophene rings is 1. The van der Waals surface area contributed by atoms with Crippen LogP contribution in [0.5, 0.6) is 5.75 Å². The lowest BCUT2D eigenvalue weighted by atomic mass is 10.1. The molecule has 0 radical (unpaired) electrons. The first-order chi connectivity index (χ1) is 8.11. The summed E-state index contributed by atoms with van der Waals surface area (Å²) in [6.45, 7) is 1.98. The van der Waals surface area contributed by atoms with Crippen molar-refractivity contribution in [3.05, 3.63) is 45.6 Å². The van der Waals surface area contributed by atoms with Gasteiger partial charge in [-0.05, 0) is 37.3 Å². The predicted molar refractivity (Wildman–Crippen MR) is 69.9 cm³/mol. The van der Waals surface area contributed by atoms with Crippen LogP contribution in [-0.2, 0) is 0 Å². The Labute approximate surface area is 104 Å². The van der Waals surface area contributed by atoms with Crippen LogP contribution in [-0.4, -0.2) is 12.9 Å². The maximum Gasteiger partial charge on any atom is 0.203 e. The highest BCUT2D eigenvalue weighted by Gasteiger charge is 2.12. The van der Waals surface area contributed by atoms with Crippen LogP contribution in [0, 0.1) is 6.92 Å². The summed E-state index contributed by atoms with van der Waals surface area (Å²) in [5, 5.41) is 0. The highest BCUT2D eigenvalue weighted by atomic mass is 32.1. The largest absolute Gasteiger partial charge is 0.495 e. The number of nitrogens with two attached hydrogens (primary N) is 1. The van der Waals surface area contributed by atoms with Crippen molar-refractivity contribution >= 4 is 22.8 Å². The smallest absolute Gasteiger partial charge is 0.203 e. The summed E-state index contributed by atoms with van der Waals surface area (Å²) in [6.07, 6.45) is 0. The van der Waals surface area contributed by atoms with E-state index in [-0.39, 0.29) is 5.78 Å². The molecular formula is C13H13NO2S. The maximum absolute atomic E-state index is 12.2. The van der Waals surface area contributed by atoms with Gasteiger partial charge < -0.3 is 10.5 Å². The lowest BCUT2D eigenvalue weighted by Crippen LogP contribution is -2.00. The zero-order valence-corrected chi connectivity index (χ0v) is 10.5. The molecule has 1 aromatic carbocycles. The van der Waals surface area contributed by atoms with Crippen LogP contribution in [0.2, 0.25) is 0 Å². The summed E-state index contributed by atoms with van der Waals surface area (Å²) in [5.74, 6) is 0.533. The average molecular weight is 247 g/mol. The van der Waals surface area contributed by atoms with Gasteiger partial charge in [-0.3, -0.25) is 4.79 Å². The van der Waals surface area contributed by atoms with Gasteiger partial charge in [0.15, 0.2) is 0 Å². The number of methoxy groups -OCH3 is 1. The summed E-state index contributed by atoms with van der Waals surface area (Å²) < 4.78 is 5.10. The SMILES string of the molecule is COc1cc(C(=O)c2ccc(C)s2)ccc1N. The van der Waals surface area contributed by atoms with Gasteiger partial charge in [0.25, 0.3) is 0 Å². The number of hydrogen-bond donors (Lipinski definition) is 1. The van der Waals surface area contributed by atoms with Gasteiger partial charge in [-0.25, -0.2) is 0 Å². The molecule has 2 rings (SSSR count). The Bertz CT molecular complexity index is 560. The van der Waals surface area contributed by atoms with Crippen molar-refractivity contribution in [3.63, 3.8) is 0 Å². The van der Waals surface area contributed by atoms with E-state index in [4.69, 9.17) is 10.5 Å². The van der Waals surface area contributed by atoms with Crippen LogP contribution in [0.1, 0.15) is 20.1 Å². The van der Waals surface area contributed by atoms with Gasteiger partial charge in [-0.1, -0.05) is 0 Å². The topological polar surface area (TPSA) is 52.3 Å². The summed E-state index contributed by atoms with van der Waals surface area (Å²) in [6, 6.07) is 8.85. The molecule has 17 heavy (non-hydrogen) atoms. The third-order valence-corrected chi connectivity index (χ3v) is 3.46. The van der Waals surface area contributed by atoms with Gasteiger partial charge in [0.2, 0.25) is 5.78 Å². The molecule has 0 saturated carbocycles. The summed E-state index contributed by atoms with van der Waals surface area (Å²) in [4.78, 5) is 14.0. The summed E-state index contributed by atoms with van der Waals surface area (Å²) >= 11 is 1.49. The van der Waals surface area contributed by atoms with Gasteiger partial charge in [0.1, 0.15) is 5.75 Å². The van der Waals surface area contributed by atoms with E-state index in [1.807, 2.05) is 19.1 Å². The number of nitrogen functional groups attached to an aromatic ring is 1. The van der Waals surface area contributed by atoms with E-state index in [0.717, 1.165) is 9.75 Å². The quantitative estimate of drug-likeness (QED) is 0.670. The van der Waals surface area contributed by atoms with Gasteiger partial charge in [-0.15, -0.1) is 11.3 Å². The third-order valence-electron chi connectivity index (χ3n) is 2.46. The minimum atomic E-state index is 0.00130. The van der Waals surface area contributed by atoms with Crippen LogP contribution >= 0.6 is 11.3 Å². The van der Waals surface area contributed by atoms with E-state index in [1.165, 1.54) is 18.4 Å². The molecule has 0 aliphatic rings. The van der Waals surface area contributed by atoms with Crippen LogP contribution in [0.4, 0.5) is 5.69 Å². The summed E-state index contributed by atoms with van der Waals surface area (Å²) in [7, 11) is 1.54. The van der Waals surface area contributed by atoms with Crippen molar-refractivity contribution in [2.45, 2.75) is 6.92 Å². The fourth-order valence-corrected chi connectivity index (χ4v) is 2.38. The fraction of sp³-hybridized carbons (Fsp3) is 0.154. The minimum Gasteiger partial charge on any atom is -0.495 e. The van der Waals surface area contributed by atoms with Crippen molar-refractivity contribution in [2.24, 2.45) is 0 Å². The molecule has 0 unspecified atom stereocenters. The first-order valence-corrected chi connectivity index (χ1v) is 5.98. The Morgan fingerprint density at radius 2 is 2.06 bits per heavy atom. The van der Waals surface area contributed by atoms with Crippen LogP contribution < -0.4 is 10.5 Å². The molecule has 2 aromatic rings. The number of rotatable bonds is 3. The second-order valence-electron chi connectivity index (χ2n) is 3.70. The molecule has 0 fully saturated rings. The lowest BCUT2D eigenvalue weighted by Gasteiger charge is -2.05. The average Bonchev–Trinajstić information content (AvgIpc) is 2.75. The van der Waals surface area contributed by atoms with E-state index in [0.29, 0.717) is 17.0 Å². The molecule has 0 saturated heterocycles. The summed E-state index contributed by atoms with van der Waals surface area (Å²) in [5.41, 5.74) is 6.84. The number of anilines is 1. The van der Waals surface area contributed by atoms with E-state index in [9.17, 15) is 4.79 Å². The van der Waals surface area contributed by atoms with Crippen molar-refractivity contribution in [1.29, 1.82) is 0 Å². The van der Waals surface area contributed by atoms with E-state index < -0.39 is 0 Å². The predicted octanol–water partition coefficient (Wildman–Crippen LogP) is 2.88. The monoisotopic (exact) mass is 247 g/mol. The Morgan fingerprint density at radius 3 is 2.65 bits per heavy atom. The molecule has 88 valence electrons. The van der Waals surface area contributed by atoms with Crippen molar-refractivity contribution in [2.75, 3.05) is 12.8 Å². The molecule has 3 nitrogen and oxygen atoms in total. The van der Waals surface area contributed by atoms with Gasteiger partial charge in [0.05, 0.1) is 17.7 Å². The number of benzene rings is 1. The Morgan fingerprint density at radius 1 is 1.29 bits per heavy atom. The Kier molecular flexibility index (Phi) is 3.15. The van der Waals surface area contributed by atoms with Gasteiger partial charge in [0, 0.05) is 10.4 Å². The third kappa shape index (κ3) is 2.31. The van der Waals surface area contributed by atoms with Crippen LogP contribution in [0.15, 0.2) is 30.3 Å². The zero-order chi connectivity index (χ0) is 12.4. The molecule has 0 aliphatic heterocycles. The second-order valence-corrected chi connectivity index (χ2v) is 4.98. The molecule has 0 spiro atoms. The van der Waals surface area contributed by atoms with Crippen LogP contribution in [0.25, 0.3) is 0 Å². The van der Waals surface area contributed by atoms with E-state index >= 15 is 0 Å².